The van der Waals surface area contributed by atoms with Gasteiger partial charge in [0.25, 0.3) is 0 Å². The minimum atomic E-state index is -3.54. The lowest BCUT2D eigenvalue weighted by Gasteiger charge is -2.31. The lowest BCUT2D eigenvalue weighted by Crippen LogP contribution is -2.45. The number of morpholine rings is 1. The Morgan fingerprint density at radius 1 is 1.17 bits per heavy atom. The van der Waals surface area contributed by atoms with Gasteiger partial charge in [0.2, 0.25) is 22.2 Å². The number of aromatic nitrogens is 1. The van der Waals surface area contributed by atoms with Gasteiger partial charge >= 0.3 is 0 Å². The normalized spacial score (nSPS) is 21.8. The molecule has 1 aromatic carbocycles. The number of anilines is 1. The van der Waals surface area contributed by atoms with Gasteiger partial charge in [0.15, 0.2) is 0 Å². The third-order valence-corrected chi connectivity index (χ3v) is 6.98. The van der Waals surface area contributed by atoms with Crippen molar-refractivity contribution < 1.29 is 13.2 Å². The van der Waals surface area contributed by atoms with Crippen LogP contribution >= 0.6 is 0 Å². The van der Waals surface area contributed by atoms with Gasteiger partial charge in [0, 0.05) is 37.7 Å². The largest absolute Gasteiger partial charge is 0.372 e. The molecule has 3 heterocycles. The fraction of sp³-hybridized carbons (Fsp3) is 0.350. The highest BCUT2D eigenvalue weighted by Crippen LogP contribution is 2.29. The maximum absolute atomic E-state index is 13.0. The van der Waals surface area contributed by atoms with Crippen LogP contribution in [0.4, 0.5) is 5.69 Å². The van der Waals surface area contributed by atoms with E-state index in [1.807, 2.05) is 0 Å². The molecule has 2 aromatic rings. The number of nitriles is 1. The number of pyridine rings is 1. The number of nitrogens with one attached hydrogen (secondary N) is 2. The summed E-state index contributed by atoms with van der Waals surface area (Å²) < 4.78 is 33.2. The number of fused-ring (bicyclic) bond motifs is 2. The maximum Gasteiger partial charge on any atom is 0.243 e. The summed E-state index contributed by atoms with van der Waals surface area (Å²) in [4.78, 5) is 7.95. The van der Waals surface area contributed by atoms with Gasteiger partial charge in [-0.2, -0.15) is 9.57 Å². The van der Waals surface area contributed by atoms with E-state index < -0.39 is 10.0 Å². The van der Waals surface area contributed by atoms with Crippen LogP contribution < -0.4 is 10.6 Å². The Morgan fingerprint density at radius 3 is 2.47 bits per heavy atom. The van der Waals surface area contributed by atoms with E-state index in [0.717, 1.165) is 24.1 Å². The number of rotatable bonds is 5. The van der Waals surface area contributed by atoms with Crippen LogP contribution in [-0.4, -0.2) is 49.0 Å². The summed E-state index contributed by atoms with van der Waals surface area (Å²) >= 11 is 0. The molecular formula is C20H22N6O3S. The molecule has 2 N–H and O–H groups in total. The van der Waals surface area contributed by atoms with Gasteiger partial charge < -0.3 is 15.4 Å². The van der Waals surface area contributed by atoms with E-state index >= 15 is 0 Å². The van der Waals surface area contributed by atoms with Gasteiger partial charge in [-0.1, -0.05) is 12.1 Å². The Balaban J connectivity index is 1.39. The molecule has 2 saturated heterocycles. The van der Waals surface area contributed by atoms with Crippen molar-refractivity contribution in [3.05, 3.63) is 54.4 Å². The van der Waals surface area contributed by atoms with Crippen LogP contribution in [0, 0.1) is 11.5 Å². The smallest absolute Gasteiger partial charge is 0.243 e. The maximum atomic E-state index is 13.0. The highest BCUT2D eigenvalue weighted by molar-refractivity contribution is 7.89. The zero-order chi connectivity index (χ0) is 21.0. The molecule has 2 unspecified atom stereocenters. The Bertz CT molecular complexity index is 1040. The molecule has 1 aromatic heterocycles. The molecule has 2 aliphatic heterocycles. The fourth-order valence-corrected chi connectivity index (χ4v) is 5.12. The number of guanidine groups is 1. The molecule has 10 heteroatoms. The zero-order valence-corrected chi connectivity index (χ0v) is 17.0. The molecule has 2 atom stereocenters. The fourth-order valence-electron chi connectivity index (χ4n) is 3.62. The summed E-state index contributed by atoms with van der Waals surface area (Å²) in [6.45, 7) is 1.20. The SMILES string of the molecule is N#CN=C(NCc1ccc(S(=O)(=O)N2CC3CCC(C2)O3)cc1)Nc1ccncc1. The molecule has 2 fully saturated rings. The highest BCUT2D eigenvalue weighted by Gasteiger charge is 2.39. The summed E-state index contributed by atoms with van der Waals surface area (Å²) in [5.41, 5.74) is 1.60. The van der Waals surface area contributed by atoms with E-state index in [-0.39, 0.29) is 17.1 Å². The average molecular weight is 427 g/mol. The molecule has 0 aliphatic carbocycles. The second kappa shape index (κ2) is 8.79. The molecule has 9 nitrogen and oxygen atoms in total. The minimum absolute atomic E-state index is 0.00716. The number of benzene rings is 1. The van der Waals surface area contributed by atoms with Gasteiger partial charge in [-0.05, 0) is 42.7 Å². The van der Waals surface area contributed by atoms with E-state index in [1.54, 1.807) is 55.0 Å². The molecule has 30 heavy (non-hydrogen) atoms. The number of ether oxygens (including phenoxy) is 1. The Labute approximate surface area is 175 Å². The Kier molecular flexibility index (Phi) is 5.94. The van der Waals surface area contributed by atoms with Crippen molar-refractivity contribution in [3.8, 4) is 6.19 Å². The number of aliphatic imine (C=N–C) groups is 1. The molecule has 0 spiro atoms. The standard InChI is InChI=1S/C20H22N6O3S/c21-14-24-20(25-16-7-9-22-10-8-16)23-11-15-1-5-19(6-2-15)30(27,28)26-12-17-3-4-18(13-26)29-17/h1-2,5-10,17-18H,3-4,11-13H2,(H2,22,23,24,25). The number of sulfonamides is 1. The van der Waals surface area contributed by atoms with Crippen molar-refractivity contribution in [2.24, 2.45) is 4.99 Å². The summed E-state index contributed by atoms with van der Waals surface area (Å²) in [5.74, 6) is 0.296. The third-order valence-electron chi connectivity index (χ3n) is 5.14. The van der Waals surface area contributed by atoms with Crippen molar-refractivity contribution in [2.75, 3.05) is 18.4 Å². The van der Waals surface area contributed by atoms with E-state index in [0.29, 0.717) is 25.6 Å². The molecule has 2 bridgehead atoms. The quantitative estimate of drug-likeness (QED) is 0.424. The zero-order valence-electron chi connectivity index (χ0n) is 16.2. The van der Waals surface area contributed by atoms with Gasteiger partial charge in [0.1, 0.15) is 0 Å². The van der Waals surface area contributed by atoms with Crippen molar-refractivity contribution in [1.82, 2.24) is 14.6 Å². The summed E-state index contributed by atoms with van der Waals surface area (Å²) in [5, 5.41) is 14.9. The predicted molar refractivity (Wildman–Crippen MR) is 111 cm³/mol. The first-order valence-corrected chi connectivity index (χ1v) is 11.1. The number of nitrogens with zero attached hydrogens (tertiary/aromatic N) is 4. The molecule has 2 aliphatic rings. The van der Waals surface area contributed by atoms with Crippen LogP contribution in [-0.2, 0) is 21.3 Å². The molecule has 0 saturated carbocycles. The van der Waals surface area contributed by atoms with Crippen molar-refractivity contribution >= 4 is 21.7 Å². The van der Waals surface area contributed by atoms with E-state index in [4.69, 9.17) is 10.00 Å². The van der Waals surface area contributed by atoms with Crippen molar-refractivity contribution in [2.45, 2.75) is 36.5 Å². The van der Waals surface area contributed by atoms with Crippen LogP contribution in [0.15, 0.2) is 58.7 Å². The second-order valence-corrected chi connectivity index (χ2v) is 9.14. The summed E-state index contributed by atoms with van der Waals surface area (Å²) in [6, 6.07) is 10.2. The van der Waals surface area contributed by atoms with Crippen LogP contribution in [0.3, 0.4) is 0 Å². The molecule has 4 rings (SSSR count). The third kappa shape index (κ3) is 4.59. The van der Waals surface area contributed by atoms with Crippen LogP contribution in [0.1, 0.15) is 18.4 Å². The van der Waals surface area contributed by atoms with Gasteiger partial charge in [0.05, 0.1) is 17.1 Å². The Morgan fingerprint density at radius 2 is 1.83 bits per heavy atom. The van der Waals surface area contributed by atoms with Gasteiger partial charge in [-0.15, -0.1) is 4.99 Å². The average Bonchev–Trinajstić information content (AvgIpc) is 3.10. The highest BCUT2D eigenvalue weighted by atomic mass is 32.2. The van der Waals surface area contributed by atoms with E-state index in [2.05, 4.69) is 20.6 Å². The number of hydrogen-bond acceptors (Lipinski definition) is 6. The lowest BCUT2D eigenvalue weighted by atomic mass is 10.2. The van der Waals surface area contributed by atoms with E-state index in [9.17, 15) is 8.42 Å². The first kappa shape index (κ1) is 20.3. The van der Waals surface area contributed by atoms with Crippen LogP contribution in [0.25, 0.3) is 0 Å². The van der Waals surface area contributed by atoms with Crippen molar-refractivity contribution in [3.63, 3.8) is 0 Å². The van der Waals surface area contributed by atoms with Gasteiger partial charge in [-0.3, -0.25) is 4.98 Å². The first-order valence-electron chi connectivity index (χ1n) is 9.67. The molecular weight excluding hydrogens is 404 g/mol. The number of hydrogen-bond donors (Lipinski definition) is 2. The summed E-state index contributed by atoms with van der Waals surface area (Å²) in [6.07, 6.45) is 6.87. The van der Waals surface area contributed by atoms with Crippen LogP contribution in [0.5, 0.6) is 0 Å². The molecule has 156 valence electrons. The Hall–Kier alpha value is -3.00. The van der Waals surface area contributed by atoms with Gasteiger partial charge in [-0.25, -0.2) is 8.42 Å². The first-order chi connectivity index (χ1) is 14.5. The molecule has 0 radical (unpaired) electrons. The lowest BCUT2D eigenvalue weighted by molar-refractivity contribution is -0.0114. The predicted octanol–water partition coefficient (Wildman–Crippen LogP) is 1.67. The minimum Gasteiger partial charge on any atom is -0.372 e. The van der Waals surface area contributed by atoms with Crippen molar-refractivity contribution in [1.29, 1.82) is 5.26 Å². The monoisotopic (exact) mass is 426 g/mol. The van der Waals surface area contributed by atoms with Crippen LogP contribution in [0.2, 0.25) is 0 Å². The molecule has 0 amide bonds. The summed E-state index contributed by atoms with van der Waals surface area (Å²) in [7, 11) is -3.54. The van der Waals surface area contributed by atoms with E-state index in [1.165, 1.54) is 4.31 Å². The topological polar surface area (TPSA) is 120 Å². The second-order valence-electron chi connectivity index (χ2n) is 7.20.